The van der Waals surface area contributed by atoms with Crippen molar-refractivity contribution in [3.63, 3.8) is 0 Å². The van der Waals surface area contributed by atoms with E-state index < -0.39 is 73.3 Å². The molecule has 3 atom stereocenters. The maximum atomic E-state index is 13.9. The lowest BCUT2D eigenvalue weighted by molar-refractivity contribution is -0.140. The van der Waals surface area contributed by atoms with E-state index in [0.717, 1.165) is 30.6 Å². The summed E-state index contributed by atoms with van der Waals surface area (Å²) in [6.07, 6.45) is 5.74. The second kappa shape index (κ2) is 37.3. The highest BCUT2D eigenvalue weighted by Crippen LogP contribution is 2.32. The Morgan fingerprint density at radius 2 is 1.44 bits per heavy atom. The lowest BCUT2D eigenvalue weighted by Crippen LogP contribution is -2.52. The first-order chi connectivity index (χ1) is 43.2. The van der Waals surface area contributed by atoms with Gasteiger partial charge in [-0.25, -0.2) is 8.78 Å². The number of nitriles is 1. The largest absolute Gasteiger partial charge is 0.494 e. The molecule has 3 aromatic rings. The van der Waals surface area contributed by atoms with E-state index in [2.05, 4.69) is 55.4 Å². The number of halogens is 2. The Hall–Kier alpha value is -7.09. The molecule has 3 aliphatic heterocycles. The van der Waals surface area contributed by atoms with E-state index in [4.69, 9.17) is 4.74 Å². The number of carbonyl (C=O) groups is 8. The predicted molar refractivity (Wildman–Crippen MR) is 335 cm³/mol. The maximum Gasteiger partial charge on any atom is 0.317 e. The molecule has 3 aliphatic rings. The first-order valence-corrected chi connectivity index (χ1v) is 32.5. The van der Waals surface area contributed by atoms with Crippen molar-refractivity contribution in [3.8, 4) is 11.8 Å². The van der Waals surface area contributed by atoms with Crippen LogP contribution in [0, 0.1) is 24.2 Å². The lowest BCUT2D eigenvalue weighted by Gasteiger charge is -2.33. The van der Waals surface area contributed by atoms with Crippen molar-refractivity contribution in [2.24, 2.45) is 5.92 Å². The molecule has 0 aliphatic carbocycles. The highest BCUT2D eigenvalue weighted by atomic mass is 32.2. The number of likely N-dealkylation sites (tertiary alicyclic amines) is 2. The van der Waals surface area contributed by atoms with Crippen molar-refractivity contribution >= 4 is 70.0 Å². The van der Waals surface area contributed by atoms with Crippen LogP contribution in [0.15, 0.2) is 54.7 Å². The van der Waals surface area contributed by atoms with Crippen molar-refractivity contribution in [1.82, 2.24) is 55.7 Å². The molecular formula is C63H90F2N12O12S. The van der Waals surface area contributed by atoms with Gasteiger partial charge in [0.1, 0.15) is 23.9 Å². The van der Waals surface area contributed by atoms with E-state index in [9.17, 15) is 67.7 Å². The summed E-state index contributed by atoms with van der Waals surface area (Å²) >= 11 is 1.32. The average Bonchev–Trinajstić information content (AvgIpc) is 1.30. The molecule has 4 heterocycles. The molecular weight excluding hydrogens is 1190 g/mol. The fourth-order valence-corrected chi connectivity index (χ4v) is 12.1. The van der Waals surface area contributed by atoms with Crippen molar-refractivity contribution in [2.45, 2.75) is 109 Å². The Morgan fingerprint density at radius 1 is 0.789 bits per heavy atom. The van der Waals surface area contributed by atoms with Crippen LogP contribution in [0.1, 0.15) is 92.6 Å². The summed E-state index contributed by atoms with van der Waals surface area (Å²) in [7, 11) is 0. The number of fused-ring (bicyclic) bond motifs is 1. The molecule has 3 fully saturated rings. The molecule has 494 valence electrons. The Kier molecular flexibility index (Phi) is 29.8. The summed E-state index contributed by atoms with van der Waals surface area (Å²) in [6, 6.07) is 14.4. The summed E-state index contributed by atoms with van der Waals surface area (Å²) in [4.78, 5) is 117. The van der Waals surface area contributed by atoms with E-state index in [1.807, 2.05) is 18.7 Å². The number of aliphatic hydroxyl groups excluding tert-OH is 1. The molecule has 0 spiro atoms. The number of nitrogens with one attached hydrogen (secondary N) is 4. The molecule has 90 heavy (non-hydrogen) atoms. The van der Waals surface area contributed by atoms with Gasteiger partial charge in [-0.3, -0.25) is 58.0 Å². The number of hydrogen-bond donors (Lipinski definition) is 7. The van der Waals surface area contributed by atoms with Gasteiger partial charge in [0, 0.05) is 114 Å². The Balaban J connectivity index is 0.920. The van der Waals surface area contributed by atoms with E-state index in [1.165, 1.54) is 35.2 Å². The Bertz CT molecular complexity index is 2900. The van der Waals surface area contributed by atoms with Gasteiger partial charge in [0.15, 0.2) is 0 Å². The number of unbranched alkanes of at least 4 members (excludes halogenated alkanes) is 1. The molecule has 24 nitrogen and oxygen atoms in total. The van der Waals surface area contributed by atoms with E-state index >= 15 is 0 Å². The highest BCUT2D eigenvalue weighted by molar-refractivity contribution is 7.99. The summed E-state index contributed by atoms with van der Waals surface area (Å²) in [5.74, 6) is -6.45. The van der Waals surface area contributed by atoms with Crippen LogP contribution in [-0.2, 0) is 40.0 Å². The molecule has 1 aromatic heterocycles. The van der Waals surface area contributed by atoms with Gasteiger partial charge in [-0.05, 0) is 107 Å². The van der Waals surface area contributed by atoms with Gasteiger partial charge >= 0.3 is 11.9 Å². The summed E-state index contributed by atoms with van der Waals surface area (Å²) < 4.78 is 33.9. The van der Waals surface area contributed by atoms with Gasteiger partial charge in [-0.15, -0.1) is 0 Å². The van der Waals surface area contributed by atoms with Crippen LogP contribution in [0.3, 0.4) is 0 Å². The Labute approximate surface area is 529 Å². The second-order valence-electron chi connectivity index (χ2n) is 23.4. The molecule has 0 bridgehead atoms. The molecule has 0 radical (unpaired) electrons. The van der Waals surface area contributed by atoms with Crippen LogP contribution >= 0.6 is 11.8 Å². The molecule has 0 saturated carbocycles. The first kappa shape index (κ1) is 72.0. The van der Waals surface area contributed by atoms with Crippen LogP contribution in [0.2, 0.25) is 0 Å². The molecule has 6 rings (SSSR count). The van der Waals surface area contributed by atoms with Gasteiger partial charge < -0.3 is 56.0 Å². The highest BCUT2D eigenvalue weighted by Gasteiger charge is 2.47. The number of piperidine rings is 1. The molecule has 7 N–H and O–H groups in total. The SMILES string of the molecule is CCN1CCN(CC(=O)O)CCN(CC(=O)O)CCN(CC(=O)NC(CCCCNC(=O)CCCc2ccc(C)cc2)C(=O)NCCSC[C@@H](O)C(=O)N2CCC(CCCOc3ccc4nccc(C(=O)NCC(=O)N5CC(F)(F)C[C@@H]5C#N)c4c3)CC2)CC1. The quantitative estimate of drug-likeness (QED) is 0.0442. The van der Waals surface area contributed by atoms with Crippen molar-refractivity contribution in [3.05, 3.63) is 71.4 Å². The number of aromatic nitrogens is 1. The van der Waals surface area contributed by atoms with Crippen LogP contribution < -0.4 is 26.0 Å². The van der Waals surface area contributed by atoms with Gasteiger partial charge in [0.05, 0.1) is 56.5 Å². The number of carbonyl (C=O) groups excluding carboxylic acids is 6. The molecule has 3 saturated heterocycles. The second-order valence-corrected chi connectivity index (χ2v) is 24.6. The third-order valence-electron chi connectivity index (χ3n) is 16.5. The number of aryl methyl sites for hydroxylation is 2. The number of amides is 6. The van der Waals surface area contributed by atoms with Gasteiger partial charge in [-0.1, -0.05) is 36.8 Å². The number of ether oxygens (including phenoxy) is 1. The summed E-state index contributed by atoms with van der Waals surface area (Å²) in [6.45, 7) is 8.20. The number of aliphatic carboxylic acids is 2. The van der Waals surface area contributed by atoms with E-state index in [1.54, 1.807) is 39.0 Å². The van der Waals surface area contributed by atoms with Crippen LogP contribution in [0.5, 0.6) is 5.75 Å². The number of carboxylic acids is 2. The normalized spacial score (nSPS) is 18.1. The number of pyridine rings is 1. The van der Waals surface area contributed by atoms with Gasteiger partial charge in [0.2, 0.25) is 23.6 Å². The number of benzene rings is 2. The van der Waals surface area contributed by atoms with E-state index in [-0.39, 0.29) is 55.2 Å². The summed E-state index contributed by atoms with van der Waals surface area (Å²) in [5, 5.41) is 51.2. The zero-order chi connectivity index (χ0) is 65.0. The molecule has 27 heteroatoms. The fraction of sp³-hybridized carbons (Fsp3) is 0.619. The number of alkyl halides is 2. The van der Waals surface area contributed by atoms with Crippen LogP contribution in [-0.4, -0.2) is 257 Å². The monoisotopic (exact) mass is 1280 g/mol. The lowest BCUT2D eigenvalue weighted by atomic mass is 9.92. The minimum Gasteiger partial charge on any atom is -0.494 e. The van der Waals surface area contributed by atoms with Crippen molar-refractivity contribution in [2.75, 3.05) is 136 Å². The molecule has 1 unspecified atom stereocenters. The zero-order valence-corrected chi connectivity index (χ0v) is 52.7. The van der Waals surface area contributed by atoms with Crippen molar-refractivity contribution in [1.29, 1.82) is 5.26 Å². The third-order valence-corrected chi connectivity index (χ3v) is 17.5. The Morgan fingerprint density at radius 3 is 2.09 bits per heavy atom. The number of hydrogen-bond acceptors (Lipinski definition) is 17. The van der Waals surface area contributed by atoms with E-state index in [0.29, 0.717) is 152 Å². The number of carboxylic acid groups (broad SMARTS) is 2. The van der Waals surface area contributed by atoms with Gasteiger partial charge in [-0.2, -0.15) is 17.0 Å². The standard InChI is InChI=1S/C63H90F2N12O12S/c1-3-72-26-28-73(30-31-75(42-59(84)85)33-32-74(29-27-72)41-58(82)83)40-56(80)71-53(10-4-5-21-68-55(79)11-6-8-46-14-12-45(2)13-15-46)61(87)69-23-35-90-43-54(78)62(88)76-24-19-47(20-25-76)9-7-34-89-49-16-17-52-51(36-49)50(18-22-67-52)60(86)70-39-57(81)77-44-63(64,65)37-48(77)38-66/h12-18,22,36,47-48,53-54,78H,3-11,19-21,23-35,37,39-44H2,1-2H3,(H,68,79)(H,69,87)(H,70,86)(H,71,80)(H,82,83)(H,84,85)/t48-,53?,54-/m1/s1. The minimum atomic E-state index is -3.18. The zero-order valence-electron chi connectivity index (χ0n) is 51.9. The third kappa shape index (κ3) is 24.9. The smallest absolute Gasteiger partial charge is 0.317 e. The topological polar surface area (TPSA) is 311 Å². The number of rotatable bonds is 32. The molecule has 2 aromatic carbocycles. The summed E-state index contributed by atoms with van der Waals surface area (Å²) in [5.41, 5.74) is 3.05. The van der Waals surface area contributed by atoms with Crippen molar-refractivity contribution < 1.29 is 67.2 Å². The fourth-order valence-electron chi connectivity index (χ4n) is 11.3. The van der Waals surface area contributed by atoms with Crippen LogP contribution in [0.25, 0.3) is 10.9 Å². The number of likely N-dealkylation sites (N-methyl/N-ethyl adjacent to an activating group) is 1. The minimum absolute atomic E-state index is 0.0566. The van der Waals surface area contributed by atoms with Gasteiger partial charge in [0.25, 0.3) is 17.7 Å². The number of aliphatic hydroxyl groups is 1. The average molecular weight is 1280 g/mol. The molecule has 6 amide bonds. The number of thioether (sulfide) groups is 1. The number of nitrogens with zero attached hydrogens (tertiary/aromatic N) is 8. The first-order valence-electron chi connectivity index (χ1n) is 31.3. The predicted octanol–water partition coefficient (Wildman–Crippen LogP) is 2.85. The van der Waals surface area contributed by atoms with Crippen LogP contribution in [0.4, 0.5) is 8.78 Å². The maximum absolute atomic E-state index is 13.9.